The Kier molecular flexibility index (Phi) is 67.7. The summed E-state index contributed by atoms with van der Waals surface area (Å²) in [5.74, 6) is 197. The van der Waals surface area contributed by atoms with E-state index in [0.717, 1.165) is 6.07 Å². The standard InChI is InChI=1S/C81H4.C7H7F3OS.C7H13NO.S6/c1-3-5-7-9-11-13-15-17-19-21-23-25-27-29-31-33-35-37-39-41-43-45-47-49-51-53-55-57-59-61-63-65-67-69-71-73-75-77-79-81-80-78-76-74-72-70-68-66-64-62-60-58-56-54-52-50-48-46-44-42-40-38-36-34-32-30-28-26-24-22-20-18-16-14-12-10-8-6-4-2;8-7(9,10)6-2-1-5(12-6)3-4-11;1-5-3-7(9)4-6(2)8-5;1-3-5-6-4-2/h1H,2H3;1-2,11H,3-4H2;5-6,8H,3-4H2,1-2H3;/t;;5-,6-;/m..0./s1. The smallest absolute Gasteiger partial charge is 0.396 e. The minimum absolute atomic E-state index is 0.113. The molecule has 0 spiro atoms. The topological polar surface area (TPSA) is 49.3 Å². The molecule has 1 aromatic heterocycles. The molecule has 2 rings (SSSR count). The first-order valence-electron chi connectivity index (χ1n) is 27.9. The fourth-order valence-corrected chi connectivity index (χ4v) is 11.0. The van der Waals surface area contributed by atoms with Gasteiger partial charge in [-0.05, 0) is 128 Å². The average Bonchev–Trinajstić information content (AvgIpc) is 1.72. The lowest BCUT2D eigenvalue weighted by molar-refractivity contribution is -0.134. The summed E-state index contributed by atoms with van der Waals surface area (Å²) in [6, 6.07) is 3.21. The van der Waals surface area contributed by atoms with Crippen LogP contribution in [0.25, 0.3) is 0 Å². The van der Waals surface area contributed by atoms with Crippen LogP contribution in [0.5, 0.6) is 0 Å². The lowest BCUT2D eigenvalue weighted by atomic mass is 10.00. The van der Waals surface area contributed by atoms with Gasteiger partial charge in [0, 0.05) is 468 Å². The number of Topliss-reactive ketones (excluding diaryl/α,β-unsaturated/α-hetero) is 1. The molecule has 0 aliphatic carbocycles. The van der Waals surface area contributed by atoms with Crippen LogP contribution in [0.1, 0.15) is 43.4 Å². The molecule has 0 saturated carbocycles. The highest BCUT2D eigenvalue weighted by atomic mass is 33.3. The predicted octanol–water partition coefficient (Wildman–Crippen LogP) is 3.78. The molecule has 2 atom stereocenters. The fraction of sp³-hybridized carbons (Fsp3) is 0.105. The van der Waals surface area contributed by atoms with Crippen LogP contribution in [0.4, 0.5) is 13.2 Å². The molecule has 0 unspecified atom stereocenters. The molecule has 1 aliphatic heterocycles. The molecule has 1 aliphatic rings. The summed E-state index contributed by atoms with van der Waals surface area (Å²) in [4.78, 5) is 10.8. The van der Waals surface area contributed by atoms with Crippen molar-refractivity contribution >= 4 is 75.0 Å². The highest BCUT2D eigenvalue weighted by Crippen LogP contribution is 2.34. The van der Waals surface area contributed by atoms with Gasteiger partial charge in [0.15, 0.2) is 0 Å². The molecule has 2 N–H and O–H groups in total. The third-order valence-corrected chi connectivity index (χ3v) is 15.8. The Morgan fingerprint density at radius 3 is 0.667 bits per heavy atom. The number of rotatable bonds is 2. The number of aliphatic hydroxyl groups excluding tert-OH is 1. The highest BCUT2D eigenvalue weighted by molar-refractivity contribution is 8.64. The zero-order valence-corrected chi connectivity index (χ0v) is 61.3. The van der Waals surface area contributed by atoms with Crippen LogP contribution in [-0.4, -0.2) is 29.6 Å². The molecule has 0 aromatic carbocycles. The Morgan fingerprint density at radius 2 is 0.537 bits per heavy atom. The Bertz CT molecular complexity index is 6740. The van der Waals surface area contributed by atoms with E-state index in [1.165, 1.54) is 41.6 Å². The SMILES string of the molecule is C#CC#CC#CC#CC#CC#CC#CC#CC#CC#CC#CC#CC#CC#CC#CC#CC#CC#CC#CC#CC#CC#CC#CC#CC#CC#CC#CC#CC#CC#CC#CC#CC#CC#CC#CC#CC#CC#CC#CC#CC.C[C@H]1CC(=O)C[C@H](C)N1.OCCc1ccc(C(F)(F)F)s1.S=S=S=S=S=S. The van der Waals surface area contributed by atoms with Crippen molar-refractivity contribution in [2.45, 2.75) is 58.3 Å². The van der Waals surface area contributed by atoms with Crippen molar-refractivity contribution in [2.24, 2.45) is 0 Å². The molecule has 484 valence electrons. The third kappa shape index (κ3) is 77.8. The van der Waals surface area contributed by atoms with Crippen molar-refractivity contribution in [3.8, 4) is 474 Å². The Labute approximate surface area is 658 Å². The van der Waals surface area contributed by atoms with E-state index < -0.39 is 11.1 Å². The molecule has 1 aromatic rings. The average molecular weight is 1490 g/mol. The number of halogens is 3. The molecular weight excluding hydrogens is 1470 g/mol. The maximum Gasteiger partial charge on any atom is 0.425 e. The number of piperidine rings is 1. The second kappa shape index (κ2) is 78.8. The fourth-order valence-electron chi connectivity index (χ4n) is 4.61. The quantitative estimate of drug-likeness (QED) is 0.443. The van der Waals surface area contributed by atoms with E-state index in [-0.39, 0.29) is 6.61 Å². The van der Waals surface area contributed by atoms with Gasteiger partial charge in [-0.15, -0.1) is 17.8 Å². The van der Waals surface area contributed by atoms with Gasteiger partial charge in [-0.2, -0.15) is 13.2 Å². The maximum atomic E-state index is 12.0. The maximum absolute atomic E-state index is 12.0. The monoisotopic (exact) mass is 1490 g/mol. The number of alkyl halides is 3. The molecule has 1 fully saturated rings. The number of nitrogens with one attached hydrogen (secondary N) is 1. The minimum Gasteiger partial charge on any atom is -0.396 e. The van der Waals surface area contributed by atoms with Crippen LogP contribution >= 0.6 is 11.3 Å². The Balaban J connectivity index is 0. The van der Waals surface area contributed by atoms with Crippen molar-refractivity contribution in [1.29, 1.82) is 0 Å². The molecule has 0 bridgehead atoms. The summed E-state index contributed by atoms with van der Waals surface area (Å²) in [5, 5.41) is 11.7. The number of hydrogen-bond acceptors (Lipinski definition) is 6. The Morgan fingerprint density at radius 1 is 0.361 bits per heavy atom. The predicted molar refractivity (Wildman–Crippen MR) is 438 cm³/mol. The van der Waals surface area contributed by atoms with Crippen LogP contribution in [0.3, 0.4) is 0 Å². The van der Waals surface area contributed by atoms with Crippen LogP contribution in [0.15, 0.2) is 12.1 Å². The van der Waals surface area contributed by atoms with Crippen LogP contribution in [0, 0.1) is 474 Å². The van der Waals surface area contributed by atoms with Gasteiger partial charge in [0.2, 0.25) is 0 Å². The van der Waals surface area contributed by atoms with E-state index in [1.54, 1.807) is 6.92 Å². The first-order chi connectivity index (χ1) is 53.0. The van der Waals surface area contributed by atoms with Crippen molar-refractivity contribution in [3.63, 3.8) is 0 Å². The first kappa shape index (κ1) is 92.9. The minimum atomic E-state index is -4.25. The largest absolute Gasteiger partial charge is 0.425 e. The van der Waals surface area contributed by atoms with Crippen molar-refractivity contribution in [1.82, 2.24) is 5.32 Å². The summed E-state index contributed by atoms with van der Waals surface area (Å²) in [7, 11) is 5.63. The first-order valence-corrected chi connectivity index (χ1v) is 35.4. The van der Waals surface area contributed by atoms with Crippen LogP contribution in [0.2, 0.25) is 0 Å². The summed E-state index contributed by atoms with van der Waals surface area (Å²) in [6.45, 7) is 5.67. The highest BCUT2D eigenvalue weighted by Gasteiger charge is 2.32. The van der Waals surface area contributed by atoms with Gasteiger partial charge in [0.1, 0.15) is 10.7 Å². The van der Waals surface area contributed by atoms with Gasteiger partial charge in [-0.25, -0.2) is 0 Å². The van der Waals surface area contributed by atoms with Gasteiger partial charge in [0.05, 0.1) is 0 Å². The van der Waals surface area contributed by atoms with E-state index in [0.29, 0.717) is 53.3 Å². The van der Waals surface area contributed by atoms with Gasteiger partial charge >= 0.3 is 6.18 Å². The van der Waals surface area contributed by atoms with Gasteiger partial charge in [0.25, 0.3) is 0 Å². The number of thiophene rings is 1. The lowest BCUT2D eigenvalue weighted by Gasteiger charge is -2.24. The molecular formula is C95H24F3NO2S7. The second-order valence-corrected chi connectivity index (χ2v) is 23.7. The summed E-state index contributed by atoms with van der Waals surface area (Å²) >= 11 is 9.71. The van der Waals surface area contributed by atoms with Crippen LogP contribution < -0.4 is 5.32 Å². The van der Waals surface area contributed by atoms with Gasteiger partial charge in [-0.3, -0.25) is 4.79 Å². The number of aliphatic hydroxyl groups is 1. The number of carbonyl (C=O) groups excluding carboxylic acids is 1. The molecule has 0 amide bonds. The number of ketones is 1. The molecule has 2 heterocycles. The van der Waals surface area contributed by atoms with Crippen molar-refractivity contribution in [3.05, 3.63) is 21.9 Å². The summed E-state index contributed by atoms with van der Waals surface area (Å²) < 4.78 is 36.0. The summed E-state index contributed by atoms with van der Waals surface area (Å²) in [6.07, 6.45) is 2.42. The van der Waals surface area contributed by atoms with Gasteiger partial charge < -0.3 is 10.4 Å². The van der Waals surface area contributed by atoms with E-state index >= 15 is 0 Å². The zero-order valence-electron chi connectivity index (χ0n) is 55.6. The Hall–Kier alpha value is -17.2. The van der Waals surface area contributed by atoms with E-state index in [1.807, 2.05) is 13.8 Å². The lowest BCUT2D eigenvalue weighted by Crippen LogP contribution is -2.42. The van der Waals surface area contributed by atoms with E-state index in [9.17, 15) is 18.0 Å². The zero-order chi connectivity index (χ0) is 78.7. The summed E-state index contributed by atoms with van der Waals surface area (Å²) in [5.41, 5.74) is 0. The van der Waals surface area contributed by atoms with E-state index in [4.69, 9.17) is 11.5 Å². The molecule has 0 radical (unpaired) electrons. The molecule has 13 heteroatoms. The number of terminal acetylenes is 1. The normalized spacial score (nSPS) is 7.70. The molecule has 3 nitrogen and oxygen atoms in total. The second-order valence-electron chi connectivity index (χ2n) is 15.4. The molecule has 1 saturated heterocycles. The van der Waals surface area contributed by atoms with E-state index in [2.05, 4.69) is 495 Å². The van der Waals surface area contributed by atoms with Crippen LogP contribution in [-0.2, 0) is 75.3 Å². The van der Waals surface area contributed by atoms with Crippen molar-refractivity contribution < 1.29 is 23.1 Å². The number of hydrogen-bond donors (Lipinski definition) is 2. The number of carbonyl (C=O) groups is 1. The van der Waals surface area contributed by atoms with Crippen molar-refractivity contribution in [2.75, 3.05) is 6.61 Å². The molecule has 108 heavy (non-hydrogen) atoms. The third-order valence-electron chi connectivity index (χ3n) is 7.97. The van der Waals surface area contributed by atoms with Gasteiger partial charge in [-0.1, -0.05) is 5.92 Å².